The van der Waals surface area contributed by atoms with Gasteiger partial charge in [-0.2, -0.15) is 0 Å². The van der Waals surface area contributed by atoms with Crippen molar-refractivity contribution >= 4 is 29.2 Å². The lowest BCUT2D eigenvalue weighted by molar-refractivity contribution is -0.385. The highest BCUT2D eigenvalue weighted by Gasteiger charge is 2.16. The molecule has 0 saturated heterocycles. The Hall–Kier alpha value is -3.91. The Morgan fingerprint density at radius 3 is 2.29 bits per heavy atom. The molecule has 8 heteroatoms. The van der Waals surface area contributed by atoms with Crippen molar-refractivity contribution in [2.75, 3.05) is 0 Å². The van der Waals surface area contributed by atoms with Gasteiger partial charge in [-0.25, -0.2) is 13.8 Å². The number of hydrogen-bond acceptors (Lipinski definition) is 5. The predicted molar refractivity (Wildman–Crippen MR) is 116 cm³/mol. The number of benzene rings is 3. The van der Waals surface area contributed by atoms with Gasteiger partial charge in [0.05, 0.1) is 10.6 Å². The highest BCUT2D eigenvalue weighted by atomic mass is 32.1. The van der Waals surface area contributed by atoms with Gasteiger partial charge in [0.2, 0.25) is 5.75 Å². The molecule has 0 amide bonds. The minimum Gasteiger partial charge on any atom is -0.450 e. The van der Waals surface area contributed by atoms with Crippen LogP contribution in [-0.4, -0.2) is 9.91 Å². The van der Waals surface area contributed by atoms with Crippen molar-refractivity contribution in [2.45, 2.75) is 0 Å². The van der Waals surface area contributed by atoms with E-state index >= 15 is 0 Å². The fourth-order valence-electron chi connectivity index (χ4n) is 2.78. The number of hydrogen-bond donors (Lipinski definition) is 0. The van der Waals surface area contributed by atoms with Gasteiger partial charge in [-0.05, 0) is 66.2 Å². The van der Waals surface area contributed by atoms with Crippen LogP contribution in [0.5, 0.6) is 11.5 Å². The summed E-state index contributed by atoms with van der Waals surface area (Å²) in [6.07, 6.45) is 3.46. The van der Waals surface area contributed by atoms with E-state index in [9.17, 15) is 18.9 Å². The van der Waals surface area contributed by atoms with Crippen LogP contribution in [0.4, 0.5) is 14.5 Å². The maximum Gasteiger partial charge on any atom is 0.312 e. The number of aromatic nitrogens is 1. The average Bonchev–Trinajstić information content (AvgIpc) is 3.24. The van der Waals surface area contributed by atoms with Crippen LogP contribution >= 0.6 is 11.3 Å². The summed E-state index contributed by atoms with van der Waals surface area (Å²) >= 11 is 1.40. The third kappa shape index (κ3) is 4.99. The Bertz CT molecular complexity index is 1250. The second kappa shape index (κ2) is 8.85. The summed E-state index contributed by atoms with van der Waals surface area (Å²) in [5.41, 5.74) is 1.91. The van der Waals surface area contributed by atoms with E-state index in [1.165, 1.54) is 59.9 Å². The molecule has 0 aliphatic heterocycles. The molecule has 0 spiro atoms. The Kier molecular flexibility index (Phi) is 5.81. The topological polar surface area (TPSA) is 65.3 Å². The zero-order valence-electron chi connectivity index (χ0n) is 15.9. The molecule has 1 heterocycles. The molecule has 0 N–H and O–H groups in total. The minimum atomic E-state index is -0.535. The number of ether oxygens (including phenoxy) is 1. The summed E-state index contributed by atoms with van der Waals surface area (Å²) in [6, 6.07) is 15.8. The summed E-state index contributed by atoms with van der Waals surface area (Å²) < 4.78 is 31.6. The second-order valence-corrected chi connectivity index (χ2v) is 7.34. The van der Waals surface area contributed by atoms with Crippen LogP contribution in [-0.2, 0) is 0 Å². The third-order valence-corrected chi connectivity index (χ3v) is 5.11. The van der Waals surface area contributed by atoms with Gasteiger partial charge in [-0.1, -0.05) is 12.1 Å². The Balaban J connectivity index is 1.54. The molecule has 0 radical (unpaired) electrons. The first-order chi connectivity index (χ1) is 15.0. The highest BCUT2D eigenvalue weighted by Crippen LogP contribution is 2.33. The third-order valence-electron chi connectivity index (χ3n) is 4.30. The average molecular weight is 436 g/mol. The lowest BCUT2D eigenvalue weighted by Gasteiger charge is -2.07. The van der Waals surface area contributed by atoms with E-state index in [1.807, 2.05) is 5.38 Å². The van der Waals surface area contributed by atoms with Crippen molar-refractivity contribution in [1.82, 2.24) is 4.98 Å². The zero-order chi connectivity index (χ0) is 21.8. The van der Waals surface area contributed by atoms with Crippen LogP contribution in [0.25, 0.3) is 23.4 Å². The second-order valence-electron chi connectivity index (χ2n) is 6.45. The number of thiazole rings is 1. The number of halogens is 2. The van der Waals surface area contributed by atoms with Gasteiger partial charge in [-0.15, -0.1) is 11.3 Å². The van der Waals surface area contributed by atoms with Gasteiger partial charge in [0.1, 0.15) is 22.4 Å². The summed E-state index contributed by atoms with van der Waals surface area (Å²) in [6.45, 7) is 0. The Labute approximate surface area is 180 Å². The molecule has 1 aromatic heterocycles. The van der Waals surface area contributed by atoms with Crippen LogP contribution in [0.15, 0.2) is 72.1 Å². The van der Waals surface area contributed by atoms with E-state index in [0.29, 0.717) is 16.3 Å². The van der Waals surface area contributed by atoms with E-state index in [2.05, 4.69) is 4.98 Å². The molecule has 31 heavy (non-hydrogen) atoms. The lowest BCUT2D eigenvalue weighted by atomic mass is 10.1. The van der Waals surface area contributed by atoms with Gasteiger partial charge in [0.25, 0.3) is 0 Å². The molecule has 4 aromatic rings. The molecule has 5 nitrogen and oxygen atoms in total. The van der Waals surface area contributed by atoms with Crippen molar-refractivity contribution in [2.24, 2.45) is 0 Å². The maximum absolute atomic E-state index is 13.1. The van der Waals surface area contributed by atoms with Crippen molar-refractivity contribution in [3.05, 3.63) is 104 Å². The van der Waals surface area contributed by atoms with Crippen molar-refractivity contribution in [3.8, 4) is 22.8 Å². The predicted octanol–water partition coefficient (Wildman–Crippen LogP) is 6.96. The molecule has 3 aromatic carbocycles. The number of nitrogens with zero attached hydrogens (tertiary/aromatic N) is 2. The van der Waals surface area contributed by atoms with Gasteiger partial charge in [-0.3, -0.25) is 10.1 Å². The highest BCUT2D eigenvalue weighted by molar-refractivity contribution is 7.10. The summed E-state index contributed by atoms with van der Waals surface area (Å²) in [7, 11) is 0. The summed E-state index contributed by atoms with van der Waals surface area (Å²) in [5.74, 6) is -0.384. The van der Waals surface area contributed by atoms with Gasteiger partial charge in [0.15, 0.2) is 0 Å². The van der Waals surface area contributed by atoms with E-state index in [1.54, 1.807) is 30.4 Å². The van der Waals surface area contributed by atoms with E-state index in [0.717, 1.165) is 11.3 Å². The largest absolute Gasteiger partial charge is 0.450 e. The van der Waals surface area contributed by atoms with E-state index in [-0.39, 0.29) is 17.3 Å². The maximum atomic E-state index is 13.1. The monoisotopic (exact) mass is 436 g/mol. The van der Waals surface area contributed by atoms with Gasteiger partial charge >= 0.3 is 5.69 Å². The zero-order valence-corrected chi connectivity index (χ0v) is 16.7. The quantitative estimate of drug-likeness (QED) is 0.242. The van der Waals surface area contributed by atoms with Crippen LogP contribution in [0.3, 0.4) is 0 Å². The van der Waals surface area contributed by atoms with Crippen molar-refractivity contribution < 1.29 is 18.4 Å². The van der Waals surface area contributed by atoms with Crippen molar-refractivity contribution in [3.63, 3.8) is 0 Å². The first-order valence-corrected chi connectivity index (χ1v) is 9.97. The first kappa shape index (κ1) is 20.4. The SMILES string of the molecule is O=[N+]([O-])c1cc(/C=C/c2nc(-c3ccc(F)cc3)cs2)ccc1Oc1ccc(F)cc1. The Morgan fingerprint density at radius 1 is 0.935 bits per heavy atom. The van der Waals surface area contributed by atoms with E-state index < -0.39 is 10.7 Å². The Morgan fingerprint density at radius 2 is 1.61 bits per heavy atom. The molecular formula is C23H14F2N2O3S. The first-order valence-electron chi connectivity index (χ1n) is 9.09. The van der Waals surface area contributed by atoms with Gasteiger partial charge < -0.3 is 4.74 Å². The fraction of sp³-hybridized carbons (Fsp3) is 0. The molecule has 0 bridgehead atoms. The van der Waals surface area contributed by atoms with Crippen LogP contribution in [0.1, 0.15) is 10.6 Å². The number of nitro benzene ring substituents is 1. The smallest absolute Gasteiger partial charge is 0.312 e. The molecule has 0 saturated carbocycles. The molecule has 4 rings (SSSR count). The number of nitro groups is 1. The molecular weight excluding hydrogens is 422 g/mol. The lowest BCUT2D eigenvalue weighted by Crippen LogP contribution is -1.94. The molecule has 0 aliphatic rings. The van der Waals surface area contributed by atoms with Crippen LogP contribution in [0.2, 0.25) is 0 Å². The normalized spacial score (nSPS) is 11.0. The van der Waals surface area contributed by atoms with Gasteiger partial charge in [0, 0.05) is 17.0 Å². The summed E-state index contributed by atoms with van der Waals surface area (Å²) in [4.78, 5) is 15.4. The van der Waals surface area contributed by atoms with E-state index in [4.69, 9.17) is 4.74 Å². The molecule has 154 valence electrons. The minimum absolute atomic E-state index is 0.0570. The molecule has 0 atom stereocenters. The summed E-state index contributed by atoms with van der Waals surface area (Å²) in [5, 5.41) is 14.0. The standard InChI is InChI=1S/C23H14F2N2O3S/c24-17-5-3-16(4-6-17)20-14-31-23(26-20)12-2-15-1-11-22(21(13-15)27(28)29)30-19-9-7-18(25)8-10-19/h1-14H/b12-2+. The van der Waals surface area contributed by atoms with Crippen LogP contribution < -0.4 is 4.74 Å². The van der Waals surface area contributed by atoms with Crippen LogP contribution in [0, 0.1) is 21.7 Å². The molecule has 0 aliphatic carbocycles. The molecule has 0 unspecified atom stereocenters. The molecule has 0 fully saturated rings. The number of rotatable bonds is 6. The fourth-order valence-corrected chi connectivity index (χ4v) is 3.50. The van der Waals surface area contributed by atoms with Crippen molar-refractivity contribution in [1.29, 1.82) is 0 Å².